The first-order valence-corrected chi connectivity index (χ1v) is 6.50. The molecule has 2 atom stereocenters. The maximum absolute atomic E-state index is 6.07. The molecular weight excluding hydrogens is 228 g/mol. The molecule has 1 aromatic heterocycles. The van der Waals surface area contributed by atoms with E-state index in [4.69, 9.17) is 11.6 Å². The van der Waals surface area contributed by atoms with Crippen LogP contribution < -0.4 is 5.32 Å². The van der Waals surface area contributed by atoms with Gasteiger partial charge in [-0.3, -0.25) is 0 Å². The number of nitrogens with one attached hydrogen (secondary N) is 1. The SMILES string of the molecule is CNC1CCC(Sc2ncccc2Cl)C1. The van der Waals surface area contributed by atoms with Gasteiger partial charge in [-0.05, 0) is 38.4 Å². The fourth-order valence-electron chi connectivity index (χ4n) is 1.93. The van der Waals surface area contributed by atoms with Crippen molar-refractivity contribution in [2.45, 2.75) is 35.6 Å². The molecule has 2 unspecified atom stereocenters. The van der Waals surface area contributed by atoms with Crippen LogP contribution in [0.4, 0.5) is 0 Å². The van der Waals surface area contributed by atoms with Crippen LogP contribution in [0.1, 0.15) is 19.3 Å². The van der Waals surface area contributed by atoms with Gasteiger partial charge in [-0.1, -0.05) is 11.6 Å². The third-order valence-electron chi connectivity index (χ3n) is 2.80. The summed E-state index contributed by atoms with van der Waals surface area (Å²) in [4.78, 5) is 4.30. The number of nitrogens with zero attached hydrogens (tertiary/aromatic N) is 1. The average molecular weight is 243 g/mol. The Balaban J connectivity index is 1.96. The van der Waals surface area contributed by atoms with Gasteiger partial charge in [0.25, 0.3) is 0 Å². The molecule has 1 fully saturated rings. The fourth-order valence-corrected chi connectivity index (χ4v) is 3.38. The Morgan fingerprint density at radius 3 is 3.07 bits per heavy atom. The van der Waals surface area contributed by atoms with Gasteiger partial charge in [0.1, 0.15) is 5.03 Å². The van der Waals surface area contributed by atoms with E-state index in [0.717, 1.165) is 10.0 Å². The maximum Gasteiger partial charge on any atom is 0.115 e. The van der Waals surface area contributed by atoms with Crippen LogP contribution in [0.25, 0.3) is 0 Å². The highest BCUT2D eigenvalue weighted by atomic mass is 35.5. The molecule has 0 spiro atoms. The molecule has 1 aliphatic carbocycles. The molecule has 0 radical (unpaired) electrons. The van der Waals surface area contributed by atoms with Gasteiger partial charge in [-0.2, -0.15) is 0 Å². The van der Waals surface area contributed by atoms with Crippen LogP contribution in [0, 0.1) is 0 Å². The molecule has 2 nitrogen and oxygen atoms in total. The third-order valence-corrected chi connectivity index (χ3v) is 4.52. The van der Waals surface area contributed by atoms with Gasteiger partial charge in [0, 0.05) is 17.5 Å². The van der Waals surface area contributed by atoms with Crippen molar-refractivity contribution in [2.75, 3.05) is 7.05 Å². The van der Waals surface area contributed by atoms with Crippen molar-refractivity contribution in [3.8, 4) is 0 Å². The number of hydrogen-bond donors (Lipinski definition) is 1. The van der Waals surface area contributed by atoms with E-state index in [1.807, 2.05) is 30.9 Å². The minimum Gasteiger partial charge on any atom is -0.317 e. The Labute approximate surface area is 99.8 Å². The Morgan fingerprint density at radius 1 is 1.53 bits per heavy atom. The monoisotopic (exact) mass is 242 g/mol. The molecule has 4 heteroatoms. The topological polar surface area (TPSA) is 24.9 Å². The highest BCUT2D eigenvalue weighted by Crippen LogP contribution is 2.36. The summed E-state index contributed by atoms with van der Waals surface area (Å²) >= 11 is 7.89. The van der Waals surface area contributed by atoms with Crippen molar-refractivity contribution in [3.05, 3.63) is 23.4 Å². The lowest BCUT2D eigenvalue weighted by atomic mass is 10.3. The zero-order valence-electron chi connectivity index (χ0n) is 8.74. The minimum absolute atomic E-state index is 0.662. The second-order valence-electron chi connectivity index (χ2n) is 3.83. The van der Waals surface area contributed by atoms with E-state index in [1.54, 1.807) is 6.20 Å². The lowest BCUT2D eigenvalue weighted by Gasteiger charge is -2.10. The Hall–Kier alpha value is -0.250. The number of halogens is 1. The highest BCUT2D eigenvalue weighted by molar-refractivity contribution is 8.00. The summed E-state index contributed by atoms with van der Waals surface area (Å²) in [5.41, 5.74) is 0. The van der Waals surface area contributed by atoms with E-state index in [1.165, 1.54) is 19.3 Å². The van der Waals surface area contributed by atoms with Gasteiger partial charge in [0.05, 0.1) is 5.02 Å². The molecular formula is C11H15ClN2S. The van der Waals surface area contributed by atoms with E-state index in [9.17, 15) is 0 Å². The van der Waals surface area contributed by atoms with Crippen LogP contribution in [0.5, 0.6) is 0 Å². The zero-order chi connectivity index (χ0) is 10.7. The van der Waals surface area contributed by atoms with E-state index in [-0.39, 0.29) is 0 Å². The molecule has 1 heterocycles. The molecule has 1 aliphatic rings. The predicted octanol–water partition coefficient (Wildman–Crippen LogP) is 2.97. The molecule has 82 valence electrons. The van der Waals surface area contributed by atoms with Crippen LogP contribution in [0.3, 0.4) is 0 Å². The van der Waals surface area contributed by atoms with Gasteiger partial charge in [0.15, 0.2) is 0 Å². The van der Waals surface area contributed by atoms with E-state index < -0.39 is 0 Å². The second kappa shape index (κ2) is 5.19. The largest absolute Gasteiger partial charge is 0.317 e. The Morgan fingerprint density at radius 2 is 2.40 bits per heavy atom. The number of thioether (sulfide) groups is 1. The van der Waals surface area contributed by atoms with Crippen LogP contribution in [-0.4, -0.2) is 23.3 Å². The first-order valence-electron chi connectivity index (χ1n) is 5.24. The van der Waals surface area contributed by atoms with Crippen molar-refractivity contribution in [1.29, 1.82) is 0 Å². The van der Waals surface area contributed by atoms with Gasteiger partial charge in [-0.15, -0.1) is 11.8 Å². The predicted molar refractivity (Wildman–Crippen MR) is 65.6 cm³/mol. The smallest absolute Gasteiger partial charge is 0.115 e. The number of hydrogen-bond acceptors (Lipinski definition) is 3. The second-order valence-corrected chi connectivity index (χ2v) is 5.53. The average Bonchev–Trinajstić information content (AvgIpc) is 2.69. The summed E-state index contributed by atoms with van der Waals surface area (Å²) in [5.74, 6) is 0. The first-order chi connectivity index (χ1) is 7.29. The van der Waals surface area contributed by atoms with Crippen molar-refractivity contribution < 1.29 is 0 Å². The summed E-state index contributed by atoms with van der Waals surface area (Å²) < 4.78 is 0. The minimum atomic E-state index is 0.662. The normalized spacial score (nSPS) is 25.7. The fraction of sp³-hybridized carbons (Fsp3) is 0.545. The lowest BCUT2D eigenvalue weighted by molar-refractivity contribution is 0.583. The Bertz CT molecular complexity index is 332. The van der Waals surface area contributed by atoms with Gasteiger partial charge in [0.2, 0.25) is 0 Å². The van der Waals surface area contributed by atoms with Crippen molar-refractivity contribution in [1.82, 2.24) is 10.3 Å². The van der Waals surface area contributed by atoms with Crippen LogP contribution in [0.15, 0.2) is 23.4 Å². The molecule has 1 aromatic rings. The van der Waals surface area contributed by atoms with Gasteiger partial charge < -0.3 is 5.32 Å². The van der Waals surface area contributed by atoms with E-state index in [0.29, 0.717) is 11.3 Å². The summed E-state index contributed by atoms with van der Waals surface area (Å²) in [6.45, 7) is 0. The van der Waals surface area contributed by atoms with Gasteiger partial charge in [-0.25, -0.2) is 4.98 Å². The summed E-state index contributed by atoms with van der Waals surface area (Å²) in [7, 11) is 2.03. The summed E-state index contributed by atoms with van der Waals surface area (Å²) in [6.07, 6.45) is 5.54. The molecule has 1 N–H and O–H groups in total. The molecule has 2 rings (SSSR count). The molecule has 0 saturated heterocycles. The van der Waals surface area contributed by atoms with Crippen LogP contribution in [-0.2, 0) is 0 Å². The molecule has 0 aromatic carbocycles. The highest BCUT2D eigenvalue weighted by Gasteiger charge is 2.24. The van der Waals surface area contributed by atoms with Crippen LogP contribution >= 0.6 is 23.4 Å². The third kappa shape index (κ3) is 2.86. The molecule has 15 heavy (non-hydrogen) atoms. The van der Waals surface area contributed by atoms with E-state index >= 15 is 0 Å². The summed E-state index contributed by atoms with van der Waals surface area (Å²) in [6, 6.07) is 4.45. The standard InChI is InChI=1S/C11H15ClN2S/c1-13-8-4-5-9(7-8)15-11-10(12)3-2-6-14-11/h2-3,6,8-9,13H,4-5,7H2,1H3. The molecule has 0 amide bonds. The lowest BCUT2D eigenvalue weighted by Crippen LogP contribution is -2.21. The maximum atomic E-state index is 6.07. The van der Waals surface area contributed by atoms with E-state index in [2.05, 4.69) is 10.3 Å². The molecule has 0 bridgehead atoms. The molecule has 1 saturated carbocycles. The zero-order valence-corrected chi connectivity index (χ0v) is 10.3. The van der Waals surface area contributed by atoms with Crippen molar-refractivity contribution in [2.24, 2.45) is 0 Å². The summed E-state index contributed by atoms with van der Waals surface area (Å²) in [5, 5.41) is 5.74. The first kappa shape index (κ1) is 11.2. The number of aromatic nitrogens is 1. The quantitative estimate of drug-likeness (QED) is 0.882. The number of pyridine rings is 1. The van der Waals surface area contributed by atoms with Gasteiger partial charge >= 0.3 is 0 Å². The molecule has 0 aliphatic heterocycles. The van der Waals surface area contributed by atoms with Crippen molar-refractivity contribution >= 4 is 23.4 Å². The number of rotatable bonds is 3. The van der Waals surface area contributed by atoms with Crippen molar-refractivity contribution in [3.63, 3.8) is 0 Å². The Kier molecular flexibility index (Phi) is 3.89. The van der Waals surface area contributed by atoms with Crippen LogP contribution in [0.2, 0.25) is 5.02 Å².